The third-order valence-corrected chi connectivity index (χ3v) is 5.82. The number of hydrogen-bond acceptors (Lipinski definition) is 5. The average Bonchev–Trinajstić information content (AvgIpc) is 2.65. The lowest BCUT2D eigenvalue weighted by Gasteiger charge is -2.21. The van der Waals surface area contributed by atoms with Gasteiger partial charge in [-0.15, -0.1) is 0 Å². The van der Waals surface area contributed by atoms with Gasteiger partial charge >= 0.3 is 0 Å². The van der Waals surface area contributed by atoms with E-state index in [1.165, 1.54) is 12.1 Å². The number of benzene rings is 2. The quantitative estimate of drug-likeness (QED) is 0.837. The Morgan fingerprint density at radius 3 is 2.50 bits per heavy atom. The van der Waals surface area contributed by atoms with Crippen molar-refractivity contribution in [3.8, 4) is 17.2 Å². The Balaban J connectivity index is 1.86. The van der Waals surface area contributed by atoms with E-state index in [-0.39, 0.29) is 10.9 Å². The molecule has 1 atom stereocenters. The van der Waals surface area contributed by atoms with Crippen molar-refractivity contribution in [2.24, 2.45) is 0 Å². The number of ether oxygens (including phenoxy) is 3. The van der Waals surface area contributed by atoms with Crippen LogP contribution in [0.3, 0.4) is 0 Å². The summed E-state index contributed by atoms with van der Waals surface area (Å²) in [6.45, 7) is 4.75. The Bertz CT molecular complexity index is 895. The van der Waals surface area contributed by atoms with E-state index in [0.717, 1.165) is 16.9 Å². The summed E-state index contributed by atoms with van der Waals surface area (Å²) in [6, 6.07) is 10.0. The lowest BCUT2D eigenvalue weighted by Crippen LogP contribution is -2.28. The van der Waals surface area contributed by atoms with Crippen molar-refractivity contribution in [3.05, 3.63) is 47.5 Å². The molecular weight excluding hydrogens is 354 g/mol. The fourth-order valence-corrected chi connectivity index (χ4v) is 4.27. The molecule has 7 heteroatoms. The second-order valence-electron chi connectivity index (χ2n) is 6.12. The second-order valence-corrected chi connectivity index (χ2v) is 7.83. The first-order chi connectivity index (χ1) is 12.4. The van der Waals surface area contributed by atoms with Gasteiger partial charge in [0.2, 0.25) is 10.0 Å². The Morgan fingerprint density at radius 2 is 1.85 bits per heavy atom. The molecule has 0 radical (unpaired) electrons. The SMILES string of the molecule is CC[C@@H](NS(=O)(=O)c1ccc2c(c1)OCCO2)c1ccc(OC)c(C)c1. The summed E-state index contributed by atoms with van der Waals surface area (Å²) >= 11 is 0. The molecule has 0 saturated heterocycles. The number of fused-ring (bicyclic) bond motifs is 1. The maximum absolute atomic E-state index is 12.8. The fraction of sp³-hybridized carbons (Fsp3) is 0.368. The van der Waals surface area contributed by atoms with Crippen LogP contribution < -0.4 is 18.9 Å². The summed E-state index contributed by atoms with van der Waals surface area (Å²) in [5.74, 6) is 1.79. The fourth-order valence-electron chi connectivity index (χ4n) is 2.95. The molecule has 0 aliphatic carbocycles. The molecule has 26 heavy (non-hydrogen) atoms. The van der Waals surface area contributed by atoms with Crippen LogP contribution in [-0.4, -0.2) is 28.7 Å². The molecular formula is C19H23NO5S. The molecule has 6 nitrogen and oxygen atoms in total. The number of rotatable bonds is 6. The van der Waals surface area contributed by atoms with Gasteiger partial charge in [-0.05, 0) is 42.7 Å². The predicted octanol–water partition coefficient (Wildman–Crippen LogP) is 3.20. The lowest BCUT2D eigenvalue weighted by atomic mass is 10.0. The summed E-state index contributed by atoms with van der Waals surface area (Å²) < 4.78 is 44.7. The normalized spacial score (nSPS) is 14.7. The predicted molar refractivity (Wildman–Crippen MR) is 98.5 cm³/mol. The van der Waals surface area contributed by atoms with Gasteiger partial charge < -0.3 is 14.2 Å². The zero-order valence-electron chi connectivity index (χ0n) is 15.1. The summed E-state index contributed by atoms with van der Waals surface area (Å²) in [5.41, 5.74) is 1.86. The maximum atomic E-state index is 12.8. The minimum atomic E-state index is -3.70. The van der Waals surface area contributed by atoms with E-state index in [1.807, 2.05) is 32.0 Å². The number of hydrogen-bond donors (Lipinski definition) is 1. The summed E-state index contributed by atoms with van der Waals surface area (Å²) in [4.78, 5) is 0.158. The van der Waals surface area contributed by atoms with Crippen LogP contribution in [0, 0.1) is 6.92 Å². The summed E-state index contributed by atoms with van der Waals surface area (Å²) in [6.07, 6.45) is 0.621. The van der Waals surface area contributed by atoms with E-state index in [0.29, 0.717) is 31.1 Å². The number of sulfonamides is 1. The minimum absolute atomic E-state index is 0.158. The first kappa shape index (κ1) is 18.5. The molecule has 0 unspecified atom stereocenters. The number of methoxy groups -OCH3 is 1. The maximum Gasteiger partial charge on any atom is 0.241 e. The third kappa shape index (κ3) is 3.78. The van der Waals surface area contributed by atoms with E-state index >= 15 is 0 Å². The Morgan fingerprint density at radius 1 is 1.12 bits per heavy atom. The molecule has 3 rings (SSSR count). The molecule has 0 bridgehead atoms. The topological polar surface area (TPSA) is 73.9 Å². The standard InChI is InChI=1S/C19H23NO5S/c1-4-16(14-5-7-17(23-3)13(2)11-14)20-26(21,22)15-6-8-18-19(12-15)25-10-9-24-18/h5-8,11-12,16,20H,4,9-10H2,1-3H3/t16-/m1/s1. The van der Waals surface area contributed by atoms with Gasteiger partial charge in [-0.1, -0.05) is 19.1 Å². The van der Waals surface area contributed by atoms with Crippen LogP contribution in [0.15, 0.2) is 41.3 Å². The highest BCUT2D eigenvalue weighted by Gasteiger charge is 2.23. The first-order valence-corrected chi connectivity index (χ1v) is 9.99. The van der Waals surface area contributed by atoms with Crippen molar-refractivity contribution < 1.29 is 22.6 Å². The van der Waals surface area contributed by atoms with Crippen LogP contribution in [0.1, 0.15) is 30.5 Å². The van der Waals surface area contributed by atoms with Crippen molar-refractivity contribution in [3.63, 3.8) is 0 Å². The van der Waals surface area contributed by atoms with Crippen LogP contribution in [0.4, 0.5) is 0 Å². The van der Waals surface area contributed by atoms with E-state index in [4.69, 9.17) is 14.2 Å². The summed E-state index contributed by atoms with van der Waals surface area (Å²) in [5, 5.41) is 0. The van der Waals surface area contributed by atoms with Crippen LogP contribution >= 0.6 is 0 Å². The Hall–Kier alpha value is -2.25. The van der Waals surface area contributed by atoms with Crippen molar-refractivity contribution >= 4 is 10.0 Å². The van der Waals surface area contributed by atoms with Crippen molar-refractivity contribution in [1.82, 2.24) is 4.72 Å². The van der Waals surface area contributed by atoms with Gasteiger partial charge in [-0.3, -0.25) is 0 Å². The molecule has 0 aromatic heterocycles. The highest BCUT2D eigenvalue weighted by Crippen LogP contribution is 2.33. The van der Waals surface area contributed by atoms with Crippen molar-refractivity contribution in [2.75, 3.05) is 20.3 Å². The van der Waals surface area contributed by atoms with E-state index in [1.54, 1.807) is 13.2 Å². The average molecular weight is 377 g/mol. The molecule has 0 amide bonds. The van der Waals surface area contributed by atoms with Crippen LogP contribution in [0.2, 0.25) is 0 Å². The molecule has 1 N–H and O–H groups in total. The second kappa shape index (κ2) is 7.55. The number of aryl methyl sites for hydroxylation is 1. The zero-order valence-corrected chi connectivity index (χ0v) is 15.9. The summed E-state index contributed by atoms with van der Waals surface area (Å²) in [7, 11) is -2.08. The van der Waals surface area contributed by atoms with Gasteiger partial charge in [0.05, 0.1) is 12.0 Å². The van der Waals surface area contributed by atoms with Crippen molar-refractivity contribution in [2.45, 2.75) is 31.2 Å². The minimum Gasteiger partial charge on any atom is -0.496 e. The van der Waals surface area contributed by atoms with Gasteiger partial charge in [0.25, 0.3) is 0 Å². The monoisotopic (exact) mass is 377 g/mol. The zero-order chi connectivity index (χ0) is 18.7. The highest BCUT2D eigenvalue weighted by atomic mass is 32.2. The Kier molecular flexibility index (Phi) is 5.38. The molecule has 2 aromatic rings. The van der Waals surface area contributed by atoms with Crippen LogP contribution in [0.25, 0.3) is 0 Å². The molecule has 2 aromatic carbocycles. The molecule has 0 spiro atoms. The smallest absolute Gasteiger partial charge is 0.241 e. The molecule has 140 valence electrons. The molecule has 1 heterocycles. The van der Waals surface area contributed by atoms with Gasteiger partial charge in [0, 0.05) is 12.1 Å². The molecule has 1 aliphatic rings. The first-order valence-electron chi connectivity index (χ1n) is 8.51. The van der Waals surface area contributed by atoms with Crippen LogP contribution in [-0.2, 0) is 10.0 Å². The molecule has 0 fully saturated rings. The van der Waals surface area contributed by atoms with E-state index in [9.17, 15) is 8.42 Å². The lowest BCUT2D eigenvalue weighted by molar-refractivity contribution is 0.171. The van der Waals surface area contributed by atoms with Crippen LogP contribution in [0.5, 0.6) is 17.2 Å². The molecule has 0 saturated carbocycles. The van der Waals surface area contributed by atoms with Gasteiger partial charge in [-0.2, -0.15) is 0 Å². The van der Waals surface area contributed by atoms with Gasteiger partial charge in [-0.25, -0.2) is 13.1 Å². The van der Waals surface area contributed by atoms with Gasteiger partial charge in [0.1, 0.15) is 19.0 Å². The van der Waals surface area contributed by atoms with Gasteiger partial charge in [0.15, 0.2) is 11.5 Å². The van der Waals surface area contributed by atoms with Crippen molar-refractivity contribution in [1.29, 1.82) is 0 Å². The molecule has 1 aliphatic heterocycles. The third-order valence-electron chi connectivity index (χ3n) is 4.35. The highest BCUT2D eigenvalue weighted by molar-refractivity contribution is 7.89. The largest absolute Gasteiger partial charge is 0.496 e. The Labute approximate surface area is 154 Å². The van der Waals surface area contributed by atoms with E-state index in [2.05, 4.69) is 4.72 Å². The van der Waals surface area contributed by atoms with E-state index < -0.39 is 10.0 Å². The number of nitrogens with one attached hydrogen (secondary N) is 1.